The predicted octanol–water partition coefficient (Wildman–Crippen LogP) is -0.451. The van der Waals surface area contributed by atoms with Crippen molar-refractivity contribution in [2.24, 2.45) is 0 Å². The van der Waals surface area contributed by atoms with Crippen LogP contribution in [0.2, 0.25) is 0 Å². The van der Waals surface area contributed by atoms with Gasteiger partial charge in [0, 0.05) is 12.9 Å². The number of hydroxylamine groups is 1. The molecule has 14 heavy (non-hydrogen) atoms. The van der Waals surface area contributed by atoms with Crippen molar-refractivity contribution in [3.63, 3.8) is 0 Å². The third-order valence-electron chi connectivity index (χ3n) is 2.15. The first-order chi connectivity index (χ1) is 6.75. The molecule has 2 N–H and O–H groups in total. The number of carbonyl (C=O) groups is 1. The Bertz CT molecular complexity index is 194. The fraction of sp³-hybridized carbons (Fsp3) is 0.875. The van der Waals surface area contributed by atoms with Crippen LogP contribution in [0.5, 0.6) is 0 Å². The van der Waals surface area contributed by atoms with E-state index in [1.54, 1.807) is 11.8 Å². The van der Waals surface area contributed by atoms with Crippen LogP contribution in [-0.2, 0) is 14.4 Å². The third-order valence-corrected chi connectivity index (χ3v) is 3.31. The lowest BCUT2D eigenvalue weighted by Crippen LogP contribution is -2.48. The fourth-order valence-electron chi connectivity index (χ4n) is 1.23. The molecule has 1 fully saturated rings. The molecule has 1 aliphatic heterocycles. The van der Waals surface area contributed by atoms with Crippen molar-refractivity contribution < 1.29 is 19.5 Å². The maximum absolute atomic E-state index is 11.6. The summed E-state index contributed by atoms with van der Waals surface area (Å²) in [7, 11) is 1.53. The summed E-state index contributed by atoms with van der Waals surface area (Å²) in [5, 5.41) is 8.45. The normalized spacial score (nSPS) is 26.4. The van der Waals surface area contributed by atoms with E-state index in [1.165, 1.54) is 7.11 Å². The average molecular weight is 221 g/mol. The van der Waals surface area contributed by atoms with E-state index in [4.69, 9.17) is 14.7 Å². The summed E-state index contributed by atoms with van der Waals surface area (Å²) in [6.07, 6.45) is 0.697. The van der Waals surface area contributed by atoms with Crippen LogP contribution in [0.15, 0.2) is 0 Å². The van der Waals surface area contributed by atoms with Gasteiger partial charge in [-0.1, -0.05) is 0 Å². The van der Waals surface area contributed by atoms with Crippen LogP contribution in [0.3, 0.4) is 0 Å². The summed E-state index contributed by atoms with van der Waals surface area (Å²) in [6, 6.07) is 0. The molecule has 6 heteroatoms. The van der Waals surface area contributed by atoms with Gasteiger partial charge in [-0.3, -0.25) is 9.63 Å². The van der Waals surface area contributed by atoms with Crippen molar-refractivity contribution in [1.82, 2.24) is 5.48 Å². The van der Waals surface area contributed by atoms with Crippen molar-refractivity contribution in [1.29, 1.82) is 0 Å². The molecular formula is C8H15NO4S. The molecule has 1 unspecified atom stereocenters. The minimum absolute atomic E-state index is 0.0959. The lowest BCUT2D eigenvalue weighted by molar-refractivity contribution is -0.154. The van der Waals surface area contributed by atoms with Gasteiger partial charge in [0.1, 0.15) is 0 Å². The molecule has 1 rings (SSSR count). The number of thioether (sulfide) groups is 1. The first-order valence-corrected chi connectivity index (χ1v) is 5.56. The molecule has 1 heterocycles. The van der Waals surface area contributed by atoms with Crippen LogP contribution < -0.4 is 5.48 Å². The van der Waals surface area contributed by atoms with Crippen LogP contribution in [0.1, 0.15) is 6.42 Å². The molecule has 0 bridgehead atoms. The van der Waals surface area contributed by atoms with Gasteiger partial charge in [-0.25, -0.2) is 5.48 Å². The Balaban J connectivity index is 2.40. The van der Waals surface area contributed by atoms with Crippen LogP contribution in [0.25, 0.3) is 0 Å². The Labute approximate surface area is 87.1 Å². The molecule has 0 spiro atoms. The summed E-state index contributed by atoms with van der Waals surface area (Å²) in [4.78, 5) is 16.4. The highest BCUT2D eigenvalue weighted by Crippen LogP contribution is 2.30. The number of hydrogen-bond donors (Lipinski definition) is 2. The van der Waals surface area contributed by atoms with E-state index in [0.29, 0.717) is 12.2 Å². The molecule has 1 aliphatic rings. The SMILES string of the molecule is COC1(C(=O)NOCCO)CCSC1. The minimum atomic E-state index is -0.750. The van der Waals surface area contributed by atoms with Gasteiger partial charge in [-0.2, -0.15) is 11.8 Å². The molecule has 0 aliphatic carbocycles. The van der Waals surface area contributed by atoms with Gasteiger partial charge in [-0.05, 0) is 12.2 Å². The number of nitrogens with one attached hydrogen (secondary N) is 1. The lowest BCUT2D eigenvalue weighted by Gasteiger charge is -2.24. The second kappa shape index (κ2) is 5.55. The molecule has 0 saturated carbocycles. The Morgan fingerprint density at radius 2 is 2.50 bits per heavy atom. The van der Waals surface area contributed by atoms with Crippen molar-refractivity contribution in [2.45, 2.75) is 12.0 Å². The standard InChI is InChI=1S/C8H15NO4S/c1-12-8(2-5-14-6-8)7(11)9-13-4-3-10/h10H,2-6H2,1H3,(H,9,11). The molecule has 1 amide bonds. The summed E-state index contributed by atoms with van der Waals surface area (Å²) >= 11 is 1.68. The highest BCUT2D eigenvalue weighted by Gasteiger charge is 2.42. The summed E-state index contributed by atoms with van der Waals surface area (Å²) < 4.78 is 5.22. The molecule has 5 nitrogen and oxygen atoms in total. The first kappa shape index (κ1) is 11.8. The van der Waals surface area contributed by atoms with E-state index in [1.807, 2.05) is 0 Å². The molecule has 1 saturated heterocycles. The number of ether oxygens (including phenoxy) is 1. The molecule has 82 valence electrons. The van der Waals surface area contributed by atoms with E-state index < -0.39 is 5.60 Å². The van der Waals surface area contributed by atoms with Crippen molar-refractivity contribution >= 4 is 17.7 Å². The number of methoxy groups -OCH3 is 1. The van der Waals surface area contributed by atoms with Gasteiger partial charge in [0.25, 0.3) is 5.91 Å². The van der Waals surface area contributed by atoms with E-state index in [0.717, 1.165) is 5.75 Å². The number of aliphatic hydroxyl groups is 1. The third kappa shape index (κ3) is 2.60. The summed E-state index contributed by atoms with van der Waals surface area (Å²) in [5.74, 6) is 1.30. The summed E-state index contributed by atoms with van der Waals surface area (Å²) in [5.41, 5.74) is 1.53. The molecule has 0 aromatic heterocycles. The van der Waals surface area contributed by atoms with Gasteiger partial charge < -0.3 is 9.84 Å². The molecule has 0 aromatic rings. The van der Waals surface area contributed by atoms with Crippen molar-refractivity contribution in [2.75, 3.05) is 31.8 Å². The van der Waals surface area contributed by atoms with Gasteiger partial charge in [0.2, 0.25) is 0 Å². The zero-order valence-corrected chi connectivity index (χ0v) is 8.93. The van der Waals surface area contributed by atoms with Gasteiger partial charge in [-0.15, -0.1) is 0 Å². The zero-order chi connectivity index (χ0) is 10.4. The van der Waals surface area contributed by atoms with Crippen molar-refractivity contribution in [3.8, 4) is 0 Å². The molecule has 0 aromatic carbocycles. The smallest absolute Gasteiger partial charge is 0.276 e. The number of carbonyl (C=O) groups excluding carboxylic acids is 1. The van der Waals surface area contributed by atoms with Gasteiger partial charge >= 0.3 is 0 Å². The Morgan fingerprint density at radius 3 is 3.00 bits per heavy atom. The van der Waals surface area contributed by atoms with E-state index in [-0.39, 0.29) is 19.1 Å². The minimum Gasteiger partial charge on any atom is -0.394 e. The Morgan fingerprint density at radius 1 is 1.71 bits per heavy atom. The number of rotatable bonds is 5. The van der Waals surface area contributed by atoms with E-state index >= 15 is 0 Å². The molecule has 1 atom stereocenters. The fourth-order valence-corrected chi connectivity index (χ4v) is 2.58. The van der Waals surface area contributed by atoms with Crippen LogP contribution in [0.4, 0.5) is 0 Å². The Hall–Kier alpha value is -0.300. The second-order valence-electron chi connectivity index (χ2n) is 3.00. The largest absolute Gasteiger partial charge is 0.394 e. The highest BCUT2D eigenvalue weighted by molar-refractivity contribution is 7.99. The van der Waals surface area contributed by atoms with Crippen LogP contribution in [0, 0.1) is 0 Å². The summed E-state index contributed by atoms with van der Waals surface area (Å²) in [6.45, 7) is -0.0201. The monoisotopic (exact) mass is 221 g/mol. The van der Waals surface area contributed by atoms with Crippen LogP contribution >= 0.6 is 11.8 Å². The van der Waals surface area contributed by atoms with Crippen LogP contribution in [-0.4, -0.2) is 48.4 Å². The zero-order valence-electron chi connectivity index (χ0n) is 8.12. The van der Waals surface area contributed by atoms with E-state index in [2.05, 4.69) is 5.48 Å². The van der Waals surface area contributed by atoms with Gasteiger partial charge in [0.15, 0.2) is 5.60 Å². The second-order valence-corrected chi connectivity index (χ2v) is 4.11. The van der Waals surface area contributed by atoms with E-state index in [9.17, 15) is 4.79 Å². The lowest BCUT2D eigenvalue weighted by atomic mass is 10.0. The Kier molecular flexibility index (Phi) is 4.67. The van der Waals surface area contributed by atoms with Crippen molar-refractivity contribution in [3.05, 3.63) is 0 Å². The first-order valence-electron chi connectivity index (χ1n) is 4.41. The number of amides is 1. The number of aliphatic hydroxyl groups excluding tert-OH is 1. The number of hydrogen-bond acceptors (Lipinski definition) is 5. The topological polar surface area (TPSA) is 67.8 Å². The average Bonchev–Trinajstić information content (AvgIpc) is 2.67. The quantitative estimate of drug-likeness (QED) is 0.486. The maximum atomic E-state index is 11.6. The predicted molar refractivity (Wildman–Crippen MR) is 52.9 cm³/mol. The molecule has 0 radical (unpaired) electrons. The maximum Gasteiger partial charge on any atom is 0.276 e. The molecular weight excluding hydrogens is 206 g/mol. The highest BCUT2D eigenvalue weighted by atomic mass is 32.2. The van der Waals surface area contributed by atoms with Gasteiger partial charge in [0.05, 0.1) is 13.2 Å².